The van der Waals surface area contributed by atoms with Crippen molar-refractivity contribution < 1.29 is 9.59 Å². The molecule has 7 heteroatoms. The molecule has 0 saturated heterocycles. The lowest BCUT2D eigenvalue weighted by molar-refractivity contribution is -0.115. The molecule has 21 heavy (non-hydrogen) atoms. The summed E-state index contributed by atoms with van der Waals surface area (Å²) < 4.78 is 0. The number of nitrogens with zero attached hydrogens (tertiary/aromatic N) is 1. The van der Waals surface area contributed by atoms with Crippen LogP contribution in [0.1, 0.15) is 22.8 Å². The van der Waals surface area contributed by atoms with Crippen LogP contribution >= 0.6 is 0 Å². The standard InChI is InChI=1S/C14H17N5O2/c1-2-9-7-17-19-13(9)18-12(20)8-16-14(21)10-3-5-11(15)6-4-10/h3-7H,2,8,15H2,1H3,(H,16,21)(H2,17,18,19,20). The summed E-state index contributed by atoms with van der Waals surface area (Å²) >= 11 is 0. The Hall–Kier alpha value is -2.83. The predicted octanol–water partition coefficient (Wildman–Crippen LogP) is 0.923. The molecule has 1 aromatic heterocycles. The summed E-state index contributed by atoms with van der Waals surface area (Å²) in [6.07, 6.45) is 2.41. The number of benzene rings is 1. The fourth-order valence-electron chi connectivity index (χ4n) is 1.77. The summed E-state index contributed by atoms with van der Waals surface area (Å²) in [7, 11) is 0. The molecule has 110 valence electrons. The first kappa shape index (κ1) is 14.6. The first-order chi connectivity index (χ1) is 10.1. The molecular formula is C14H17N5O2. The number of amides is 2. The van der Waals surface area contributed by atoms with Crippen molar-refractivity contribution in [3.8, 4) is 0 Å². The van der Waals surface area contributed by atoms with Gasteiger partial charge >= 0.3 is 0 Å². The molecule has 0 saturated carbocycles. The third-order valence-electron chi connectivity index (χ3n) is 2.95. The van der Waals surface area contributed by atoms with Gasteiger partial charge < -0.3 is 16.4 Å². The lowest BCUT2D eigenvalue weighted by Gasteiger charge is -2.07. The van der Waals surface area contributed by atoms with E-state index in [9.17, 15) is 9.59 Å². The molecule has 0 aliphatic heterocycles. The molecule has 7 nitrogen and oxygen atoms in total. The van der Waals surface area contributed by atoms with Crippen LogP contribution in [0.4, 0.5) is 11.5 Å². The van der Waals surface area contributed by atoms with Gasteiger partial charge in [0.15, 0.2) is 0 Å². The number of nitrogen functional groups attached to an aromatic ring is 1. The number of hydrogen-bond acceptors (Lipinski definition) is 4. The second-order valence-corrected chi connectivity index (χ2v) is 4.48. The van der Waals surface area contributed by atoms with E-state index in [4.69, 9.17) is 5.73 Å². The first-order valence-electron chi connectivity index (χ1n) is 6.56. The zero-order valence-corrected chi connectivity index (χ0v) is 11.6. The molecule has 0 bridgehead atoms. The van der Waals surface area contributed by atoms with Gasteiger partial charge in [-0.1, -0.05) is 6.92 Å². The monoisotopic (exact) mass is 287 g/mol. The Kier molecular flexibility index (Phi) is 4.55. The molecule has 2 rings (SSSR count). The van der Waals surface area contributed by atoms with Gasteiger partial charge in [0, 0.05) is 16.8 Å². The molecule has 0 aliphatic rings. The molecule has 5 N–H and O–H groups in total. The van der Waals surface area contributed by atoms with Gasteiger partial charge in [0.2, 0.25) is 5.91 Å². The molecule has 0 fully saturated rings. The number of H-pyrrole nitrogens is 1. The van der Waals surface area contributed by atoms with Crippen LogP contribution < -0.4 is 16.4 Å². The minimum atomic E-state index is -0.328. The summed E-state index contributed by atoms with van der Waals surface area (Å²) in [4.78, 5) is 23.6. The lowest BCUT2D eigenvalue weighted by atomic mass is 10.2. The highest BCUT2D eigenvalue weighted by atomic mass is 16.2. The largest absolute Gasteiger partial charge is 0.399 e. The van der Waals surface area contributed by atoms with Gasteiger partial charge in [-0.05, 0) is 30.7 Å². The maximum Gasteiger partial charge on any atom is 0.251 e. The zero-order chi connectivity index (χ0) is 15.2. The van der Waals surface area contributed by atoms with Gasteiger partial charge in [-0.2, -0.15) is 5.10 Å². The highest BCUT2D eigenvalue weighted by Gasteiger charge is 2.10. The van der Waals surface area contributed by atoms with E-state index < -0.39 is 0 Å². The van der Waals surface area contributed by atoms with Crippen LogP contribution in [-0.2, 0) is 11.2 Å². The summed E-state index contributed by atoms with van der Waals surface area (Å²) in [6, 6.07) is 6.47. The maximum absolute atomic E-state index is 11.8. The highest BCUT2D eigenvalue weighted by molar-refractivity contribution is 5.99. The molecule has 1 heterocycles. The van der Waals surface area contributed by atoms with Crippen molar-refractivity contribution in [3.05, 3.63) is 41.6 Å². The van der Waals surface area contributed by atoms with Crippen LogP contribution in [0.25, 0.3) is 0 Å². The fourth-order valence-corrected chi connectivity index (χ4v) is 1.77. The van der Waals surface area contributed by atoms with E-state index in [-0.39, 0.29) is 18.4 Å². The third kappa shape index (κ3) is 3.82. The van der Waals surface area contributed by atoms with Gasteiger partial charge in [-0.3, -0.25) is 14.7 Å². The average molecular weight is 287 g/mol. The van der Waals surface area contributed by atoms with Gasteiger partial charge in [0.05, 0.1) is 12.7 Å². The van der Waals surface area contributed by atoms with E-state index in [1.807, 2.05) is 6.92 Å². The van der Waals surface area contributed by atoms with Crippen molar-refractivity contribution in [1.29, 1.82) is 0 Å². The minimum Gasteiger partial charge on any atom is -0.399 e. The van der Waals surface area contributed by atoms with Crippen LogP contribution in [0.5, 0.6) is 0 Å². The van der Waals surface area contributed by atoms with Gasteiger partial charge in [0.1, 0.15) is 5.82 Å². The van der Waals surface area contributed by atoms with Crippen molar-refractivity contribution in [3.63, 3.8) is 0 Å². The van der Waals surface area contributed by atoms with Crippen LogP contribution in [0.15, 0.2) is 30.5 Å². The second-order valence-electron chi connectivity index (χ2n) is 4.48. The summed E-state index contributed by atoms with van der Waals surface area (Å²) in [5.41, 5.74) is 7.49. The normalized spacial score (nSPS) is 10.1. The van der Waals surface area contributed by atoms with Crippen molar-refractivity contribution in [2.24, 2.45) is 0 Å². The van der Waals surface area contributed by atoms with Crippen LogP contribution in [0.2, 0.25) is 0 Å². The summed E-state index contributed by atoms with van der Waals surface area (Å²) in [6.45, 7) is 1.84. The first-order valence-corrected chi connectivity index (χ1v) is 6.56. The van der Waals surface area contributed by atoms with Crippen LogP contribution in [-0.4, -0.2) is 28.6 Å². The van der Waals surface area contributed by atoms with Crippen LogP contribution in [0.3, 0.4) is 0 Å². The quantitative estimate of drug-likeness (QED) is 0.612. The van der Waals surface area contributed by atoms with Gasteiger partial charge in [-0.15, -0.1) is 0 Å². The Morgan fingerprint density at radius 3 is 2.67 bits per heavy atom. The Morgan fingerprint density at radius 1 is 1.29 bits per heavy atom. The van der Waals surface area contributed by atoms with Gasteiger partial charge in [-0.25, -0.2) is 0 Å². The molecule has 0 spiro atoms. The number of aryl methyl sites for hydroxylation is 1. The molecule has 2 aromatic rings. The molecule has 0 aliphatic carbocycles. The number of rotatable bonds is 5. The Labute approximate surface area is 121 Å². The number of hydrogen-bond donors (Lipinski definition) is 4. The minimum absolute atomic E-state index is 0.120. The zero-order valence-electron chi connectivity index (χ0n) is 11.6. The highest BCUT2D eigenvalue weighted by Crippen LogP contribution is 2.10. The van der Waals surface area contributed by atoms with Gasteiger partial charge in [0.25, 0.3) is 5.91 Å². The molecule has 0 unspecified atom stereocenters. The Balaban J connectivity index is 1.86. The van der Waals surface area contributed by atoms with Crippen molar-refractivity contribution in [2.75, 3.05) is 17.6 Å². The van der Waals surface area contributed by atoms with E-state index in [0.29, 0.717) is 17.1 Å². The molecule has 0 atom stereocenters. The number of aromatic amines is 1. The molecule has 1 aromatic carbocycles. The topological polar surface area (TPSA) is 113 Å². The van der Waals surface area contributed by atoms with Crippen molar-refractivity contribution in [1.82, 2.24) is 15.5 Å². The van der Waals surface area contributed by atoms with E-state index in [0.717, 1.165) is 12.0 Å². The maximum atomic E-state index is 11.8. The van der Waals surface area contributed by atoms with E-state index >= 15 is 0 Å². The summed E-state index contributed by atoms with van der Waals surface area (Å²) in [5.74, 6) is -0.0903. The smallest absolute Gasteiger partial charge is 0.251 e. The predicted molar refractivity (Wildman–Crippen MR) is 79.8 cm³/mol. The number of nitrogens with two attached hydrogens (primary N) is 1. The van der Waals surface area contributed by atoms with Crippen molar-refractivity contribution in [2.45, 2.75) is 13.3 Å². The Morgan fingerprint density at radius 2 is 2.00 bits per heavy atom. The number of carbonyl (C=O) groups is 2. The lowest BCUT2D eigenvalue weighted by Crippen LogP contribution is -2.33. The third-order valence-corrected chi connectivity index (χ3v) is 2.95. The fraction of sp³-hybridized carbons (Fsp3) is 0.214. The Bertz CT molecular complexity index is 633. The second kappa shape index (κ2) is 6.56. The average Bonchev–Trinajstić information content (AvgIpc) is 2.92. The SMILES string of the molecule is CCc1cn[nH]c1NC(=O)CNC(=O)c1ccc(N)cc1. The number of aromatic nitrogens is 2. The van der Waals surface area contributed by atoms with Crippen LogP contribution in [0, 0.1) is 0 Å². The molecule has 0 radical (unpaired) electrons. The van der Waals surface area contributed by atoms with E-state index in [2.05, 4.69) is 20.8 Å². The number of nitrogens with one attached hydrogen (secondary N) is 3. The molecular weight excluding hydrogens is 270 g/mol. The van der Waals surface area contributed by atoms with Crippen molar-refractivity contribution >= 4 is 23.3 Å². The van der Waals surface area contributed by atoms with E-state index in [1.165, 1.54) is 0 Å². The number of carbonyl (C=O) groups excluding carboxylic acids is 2. The summed E-state index contributed by atoms with van der Waals surface area (Å²) in [5, 5.41) is 11.8. The van der Waals surface area contributed by atoms with E-state index in [1.54, 1.807) is 30.5 Å². The number of anilines is 2. The molecule has 2 amide bonds.